The molecule has 1 aromatic carbocycles. The molecule has 0 atom stereocenters. The van der Waals surface area contributed by atoms with E-state index in [1.165, 1.54) is 16.7 Å². The Hall–Kier alpha value is -2.03. The largest absolute Gasteiger partial charge is 0.478 e. The fraction of sp³-hybridized carbons (Fsp3) is 0.267. The second kappa shape index (κ2) is 4.69. The van der Waals surface area contributed by atoms with Gasteiger partial charge in [0.15, 0.2) is 0 Å². The van der Waals surface area contributed by atoms with Gasteiger partial charge in [0.05, 0.1) is 5.56 Å². The molecule has 0 aliphatic rings. The molecular formula is C15H17NO2. The van der Waals surface area contributed by atoms with Crippen molar-refractivity contribution in [2.75, 3.05) is 0 Å². The summed E-state index contributed by atoms with van der Waals surface area (Å²) in [6.07, 6.45) is 1.83. The highest BCUT2D eigenvalue weighted by atomic mass is 16.4. The molecule has 1 aromatic heterocycles. The minimum absolute atomic E-state index is 0.375. The van der Waals surface area contributed by atoms with Crippen LogP contribution in [-0.2, 0) is 6.54 Å². The molecule has 0 fully saturated rings. The van der Waals surface area contributed by atoms with E-state index in [0.717, 1.165) is 5.69 Å². The molecule has 2 rings (SSSR count). The number of nitrogens with zero attached hydrogens (tertiary/aromatic N) is 1. The third-order valence-electron chi connectivity index (χ3n) is 3.31. The van der Waals surface area contributed by atoms with Crippen LogP contribution in [-0.4, -0.2) is 15.6 Å². The number of aromatic nitrogens is 1. The molecule has 1 N–H and O–H groups in total. The fourth-order valence-corrected chi connectivity index (χ4v) is 2.16. The van der Waals surface area contributed by atoms with Crippen LogP contribution < -0.4 is 0 Å². The number of hydrogen-bond donors (Lipinski definition) is 1. The van der Waals surface area contributed by atoms with Crippen LogP contribution in [0, 0.1) is 20.8 Å². The lowest BCUT2D eigenvalue weighted by atomic mass is 10.1. The van der Waals surface area contributed by atoms with Gasteiger partial charge >= 0.3 is 5.97 Å². The van der Waals surface area contributed by atoms with Crippen LogP contribution in [0.15, 0.2) is 30.5 Å². The molecular weight excluding hydrogens is 226 g/mol. The topological polar surface area (TPSA) is 42.2 Å². The van der Waals surface area contributed by atoms with E-state index >= 15 is 0 Å². The summed E-state index contributed by atoms with van der Waals surface area (Å²) in [7, 11) is 0. The van der Waals surface area contributed by atoms with Crippen LogP contribution in [0.25, 0.3) is 0 Å². The number of aromatic carboxylic acids is 1. The molecule has 18 heavy (non-hydrogen) atoms. The first-order chi connectivity index (χ1) is 8.49. The Balaban J connectivity index is 2.32. The quantitative estimate of drug-likeness (QED) is 0.899. The summed E-state index contributed by atoms with van der Waals surface area (Å²) in [5.41, 5.74) is 4.87. The van der Waals surface area contributed by atoms with Gasteiger partial charge in [0.25, 0.3) is 0 Å². The van der Waals surface area contributed by atoms with Crippen LogP contribution in [0.2, 0.25) is 0 Å². The van der Waals surface area contributed by atoms with Crippen LogP contribution in [0.5, 0.6) is 0 Å². The Labute approximate surface area is 107 Å². The lowest BCUT2D eigenvalue weighted by Crippen LogP contribution is -2.05. The molecule has 0 amide bonds. The van der Waals surface area contributed by atoms with Crippen LogP contribution in [0.4, 0.5) is 0 Å². The molecule has 2 aromatic rings. The SMILES string of the molecule is Cc1ccc(Cn2ccc(C(=O)O)c2C)c(C)c1. The van der Waals surface area contributed by atoms with Crippen molar-refractivity contribution >= 4 is 5.97 Å². The highest BCUT2D eigenvalue weighted by Gasteiger charge is 2.11. The number of rotatable bonds is 3. The van der Waals surface area contributed by atoms with Crippen molar-refractivity contribution in [2.45, 2.75) is 27.3 Å². The molecule has 0 aliphatic carbocycles. The van der Waals surface area contributed by atoms with Gasteiger partial charge in [0, 0.05) is 18.4 Å². The van der Waals surface area contributed by atoms with E-state index in [0.29, 0.717) is 12.1 Å². The van der Waals surface area contributed by atoms with E-state index < -0.39 is 5.97 Å². The zero-order chi connectivity index (χ0) is 13.3. The molecule has 1 heterocycles. The third-order valence-corrected chi connectivity index (χ3v) is 3.31. The van der Waals surface area contributed by atoms with Gasteiger partial charge in [0.1, 0.15) is 0 Å². The van der Waals surface area contributed by atoms with Crippen molar-refractivity contribution in [1.29, 1.82) is 0 Å². The van der Waals surface area contributed by atoms with Gasteiger partial charge in [-0.2, -0.15) is 0 Å². The Morgan fingerprint density at radius 2 is 1.94 bits per heavy atom. The first kappa shape index (κ1) is 12.4. The van der Waals surface area contributed by atoms with Gasteiger partial charge in [-0.25, -0.2) is 4.79 Å². The molecule has 0 radical (unpaired) electrons. The molecule has 3 heteroatoms. The highest BCUT2D eigenvalue weighted by molar-refractivity contribution is 5.88. The van der Waals surface area contributed by atoms with E-state index in [2.05, 4.69) is 32.0 Å². The number of carboxylic acid groups (broad SMARTS) is 1. The fourth-order valence-electron chi connectivity index (χ4n) is 2.16. The molecule has 3 nitrogen and oxygen atoms in total. The Morgan fingerprint density at radius 1 is 1.22 bits per heavy atom. The van der Waals surface area contributed by atoms with Crippen molar-refractivity contribution in [3.05, 3.63) is 58.4 Å². The second-order valence-corrected chi connectivity index (χ2v) is 4.68. The van der Waals surface area contributed by atoms with Crippen LogP contribution in [0.3, 0.4) is 0 Å². The number of aryl methyl sites for hydroxylation is 2. The summed E-state index contributed by atoms with van der Waals surface area (Å²) in [6, 6.07) is 7.98. The monoisotopic (exact) mass is 243 g/mol. The maximum absolute atomic E-state index is 11.0. The molecule has 0 unspecified atom stereocenters. The van der Waals surface area contributed by atoms with Gasteiger partial charge in [-0.1, -0.05) is 23.8 Å². The molecule has 0 spiro atoms. The Bertz CT molecular complexity index is 597. The second-order valence-electron chi connectivity index (χ2n) is 4.68. The normalized spacial score (nSPS) is 10.6. The molecule has 0 saturated carbocycles. The van der Waals surface area contributed by atoms with E-state index in [4.69, 9.17) is 5.11 Å². The highest BCUT2D eigenvalue weighted by Crippen LogP contribution is 2.16. The summed E-state index contributed by atoms with van der Waals surface area (Å²) in [5, 5.41) is 9.02. The average Bonchev–Trinajstić information content (AvgIpc) is 2.64. The molecule has 0 bridgehead atoms. The van der Waals surface area contributed by atoms with Gasteiger partial charge in [-0.15, -0.1) is 0 Å². The first-order valence-corrected chi connectivity index (χ1v) is 5.94. The Kier molecular flexibility index (Phi) is 3.24. The maximum Gasteiger partial charge on any atom is 0.337 e. The predicted molar refractivity (Wildman–Crippen MR) is 71.1 cm³/mol. The van der Waals surface area contributed by atoms with Crippen LogP contribution >= 0.6 is 0 Å². The zero-order valence-electron chi connectivity index (χ0n) is 10.9. The summed E-state index contributed by atoms with van der Waals surface area (Å²) < 4.78 is 1.97. The van der Waals surface area contributed by atoms with Gasteiger partial charge in [-0.3, -0.25) is 0 Å². The number of benzene rings is 1. The van der Waals surface area contributed by atoms with Crippen molar-refractivity contribution < 1.29 is 9.90 Å². The number of carbonyl (C=O) groups is 1. The molecule has 0 aliphatic heterocycles. The zero-order valence-corrected chi connectivity index (χ0v) is 10.9. The Morgan fingerprint density at radius 3 is 2.50 bits per heavy atom. The minimum atomic E-state index is -0.869. The van der Waals surface area contributed by atoms with Gasteiger partial charge in [-0.05, 0) is 38.0 Å². The van der Waals surface area contributed by atoms with Crippen LogP contribution in [0.1, 0.15) is 32.7 Å². The standard InChI is InChI=1S/C15H17NO2/c1-10-4-5-13(11(2)8-10)9-16-7-6-14(12(16)3)15(17)18/h4-8H,9H2,1-3H3,(H,17,18). The minimum Gasteiger partial charge on any atom is -0.478 e. The van der Waals surface area contributed by atoms with E-state index in [9.17, 15) is 4.79 Å². The summed E-state index contributed by atoms with van der Waals surface area (Å²) in [6.45, 7) is 6.71. The van der Waals surface area contributed by atoms with Crippen molar-refractivity contribution in [2.24, 2.45) is 0 Å². The van der Waals surface area contributed by atoms with Gasteiger partial charge < -0.3 is 9.67 Å². The smallest absolute Gasteiger partial charge is 0.337 e. The lowest BCUT2D eigenvalue weighted by Gasteiger charge is -2.10. The van der Waals surface area contributed by atoms with Crippen molar-refractivity contribution in [3.8, 4) is 0 Å². The van der Waals surface area contributed by atoms with E-state index in [1.807, 2.05) is 17.7 Å². The number of hydrogen-bond acceptors (Lipinski definition) is 1. The first-order valence-electron chi connectivity index (χ1n) is 5.94. The average molecular weight is 243 g/mol. The van der Waals surface area contributed by atoms with Crippen molar-refractivity contribution in [3.63, 3.8) is 0 Å². The summed E-state index contributed by atoms with van der Waals surface area (Å²) in [5.74, 6) is -0.869. The molecule has 94 valence electrons. The number of carboxylic acids is 1. The molecule has 0 saturated heterocycles. The van der Waals surface area contributed by atoms with E-state index in [1.54, 1.807) is 6.07 Å². The third kappa shape index (κ3) is 2.30. The predicted octanol–water partition coefficient (Wildman–Crippen LogP) is 3.16. The summed E-state index contributed by atoms with van der Waals surface area (Å²) >= 11 is 0. The van der Waals surface area contributed by atoms with Gasteiger partial charge in [0.2, 0.25) is 0 Å². The van der Waals surface area contributed by atoms with E-state index in [-0.39, 0.29) is 0 Å². The lowest BCUT2D eigenvalue weighted by molar-refractivity contribution is 0.0696. The summed E-state index contributed by atoms with van der Waals surface area (Å²) in [4.78, 5) is 11.0. The maximum atomic E-state index is 11.0. The van der Waals surface area contributed by atoms with Crippen molar-refractivity contribution in [1.82, 2.24) is 4.57 Å².